The van der Waals surface area contributed by atoms with Gasteiger partial charge in [-0.1, -0.05) is 12.1 Å². The van der Waals surface area contributed by atoms with Gasteiger partial charge in [-0.2, -0.15) is 0 Å². The highest BCUT2D eigenvalue weighted by atomic mass is 127. The summed E-state index contributed by atoms with van der Waals surface area (Å²) in [5.41, 5.74) is 0.755. The summed E-state index contributed by atoms with van der Waals surface area (Å²) in [6, 6.07) is 7.27. The summed E-state index contributed by atoms with van der Waals surface area (Å²) in [6.07, 6.45) is 1.37. The first kappa shape index (κ1) is 14.1. The molecular weight excluding hydrogens is 359 g/mol. The number of carbonyl (C=O) groups excluding carboxylic acids is 1. The number of amides is 2. The highest BCUT2D eigenvalue weighted by molar-refractivity contribution is 14.1. The number of urea groups is 1. The van der Waals surface area contributed by atoms with Crippen molar-refractivity contribution in [2.75, 3.05) is 18.4 Å². The molecule has 2 N–H and O–H groups in total. The number of aliphatic carboxylic acids is 1. The number of para-hydroxylation sites is 1. The number of nitrogens with zero attached hydrogens (tertiary/aromatic N) is 1. The Bertz CT molecular complexity index is 493. The standard InChI is InChI=1S/C13H15IN2O3/c14-10-5-1-2-6-11(10)15-13(19)16-7-3-4-9(8-16)12(17)18/h1-2,5-6,9H,3-4,7-8H2,(H,15,19)(H,17,18). The number of rotatable bonds is 2. The van der Waals surface area contributed by atoms with Crippen LogP contribution in [0.15, 0.2) is 24.3 Å². The number of piperidine rings is 1. The van der Waals surface area contributed by atoms with E-state index in [-0.39, 0.29) is 12.6 Å². The fourth-order valence-electron chi connectivity index (χ4n) is 2.12. The van der Waals surface area contributed by atoms with Crippen molar-refractivity contribution in [3.05, 3.63) is 27.8 Å². The van der Waals surface area contributed by atoms with Gasteiger partial charge in [0.05, 0.1) is 11.6 Å². The van der Waals surface area contributed by atoms with Crippen molar-refractivity contribution in [1.29, 1.82) is 0 Å². The van der Waals surface area contributed by atoms with Gasteiger partial charge in [0, 0.05) is 16.7 Å². The number of carbonyl (C=O) groups is 2. The van der Waals surface area contributed by atoms with Gasteiger partial charge in [0.25, 0.3) is 0 Å². The number of anilines is 1. The largest absolute Gasteiger partial charge is 0.481 e. The number of halogens is 1. The predicted molar refractivity (Wildman–Crippen MR) is 80.1 cm³/mol. The van der Waals surface area contributed by atoms with E-state index in [1.165, 1.54) is 0 Å². The second kappa shape index (κ2) is 6.23. The van der Waals surface area contributed by atoms with E-state index in [4.69, 9.17) is 5.11 Å². The minimum atomic E-state index is -0.827. The van der Waals surface area contributed by atoms with Crippen LogP contribution >= 0.6 is 22.6 Å². The average molecular weight is 374 g/mol. The van der Waals surface area contributed by atoms with Gasteiger partial charge in [0.1, 0.15) is 0 Å². The van der Waals surface area contributed by atoms with Gasteiger partial charge < -0.3 is 15.3 Å². The molecule has 1 aromatic rings. The van der Waals surface area contributed by atoms with Crippen LogP contribution in [0.3, 0.4) is 0 Å². The van der Waals surface area contributed by atoms with Crippen molar-refractivity contribution in [2.24, 2.45) is 5.92 Å². The first-order valence-corrected chi connectivity index (χ1v) is 7.19. The first-order valence-electron chi connectivity index (χ1n) is 6.11. The maximum atomic E-state index is 12.1. The molecule has 1 heterocycles. The molecule has 2 rings (SSSR count). The second-order valence-electron chi connectivity index (χ2n) is 4.53. The van der Waals surface area contributed by atoms with Gasteiger partial charge in [-0.15, -0.1) is 0 Å². The molecule has 1 saturated heterocycles. The zero-order valence-electron chi connectivity index (χ0n) is 10.3. The molecule has 0 spiro atoms. The Morgan fingerprint density at radius 1 is 1.37 bits per heavy atom. The fraction of sp³-hybridized carbons (Fsp3) is 0.385. The Balaban J connectivity index is 2.00. The lowest BCUT2D eigenvalue weighted by atomic mass is 9.99. The Kier molecular flexibility index (Phi) is 4.62. The van der Waals surface area contributed by atoms with E-state index in [2.05, 4.69) is 27.9 Å². The molecule has 0 aliphatic carbocycles. The lowest BCUT2D eigenvalue weighted by Gasteiger charge is -2.30. The van der Waals surface area contributed by atoms with Crippen molar-refractivity contribution in [3.63, 3.8) is 0 Å². The topological polar surface area (TPSA) is 69.6 Å². The molecular formula is C13H15IN2O3. The van der Waals surface area contributed by atoms with Crippen LogP contribution in [0.2, 0.25) is 0 Å². The van der Waals surface area contributed by atoms with Crippen molar-refractivity contribution >= 4 is 40.3 Å². The molecule has 2 amide bonds. The summed E-state index contributed by atoms with van der Waals surface area (Å²) in [5, 5.41) is 11.8. The zero-order valence-corrected chi connectivity index (χ0v) is 12.5. The smallest absolute Gasteiger partial charge is 0.321 e. The molecule has 1 fully saturated rings. The molecule has 102 valence electrons. The lowest BCUT2D eigenvalue weighted by Crippen LogP contribution is -2.44. The summed E-state index contributed by atoms with van der Waals surface area (Å²) in [6.45, 7) is 0.892. The van der Waals surface area contributed by atoms with Crippen LogP contribution in [0, 0.1) is 9.49 Å². The average Bonchev–Trinajstić information content (AvgIpc) is 2.41. The summed E-state index contributed by atoms with van der Waals surface area (Å²) in [5.74, 6) is -1.28. The quantitative estimate of drug-likeness (QED) is 0.782. The number of benzene rings is 1. The number of hydrogen-bond donors (Lipinski definition) is 2. The van der Waals surface area contributed by atoms with Crippen LogP contribution in [0.4, 0.5) is 10.5 Å². The molecule has 19 heavy (non-hydrogen) atoms. The summed E-state index contributed by atoms with van der Waals surface area (Å²) >= 11 is 2.15. The molecule has 1 aliphatic rings. The third-order valence-corrected chi connectivity index (χ3v) is 4.11. The molecule has 0 radical (unpaired) electrons. The molecule has 6 heteroatoms. The van der Waals surface area contributed by atoms with Crippen LogP contribution in [0.5, 0.6) is 0 Å². The summed E-state index contributed by atoms with van der Waals surface area (Å²) in [7, 11) is 0. The highest BCUT2D eigenvalue weighted by Crippen LogP contribution is 2.20. The number of likely N-dealkylation sites (tertiary alicyclic amines) is 1. The Morgan fingerprint density at radius 3 is 2.79 bits per heavy atom. The van der Waals surface area contributed by atoms with Gasteiger partial charge >= 0.3 is 12.0 Å². The maximum absolute atomic E-state index is 12.1. The van der Waals surface area contributed by atoms with Gasteiger partial charge in [0.15, 0.2) is 0 Å². The van der Waals surface area contributed by atoms with Gasteiger partial charge in [-0.05, 0) is 47.6 Å². The van der Waals surface area contributed by atoms with E-state index in [1.54, 1.807) is 4.90 Å². The molecule has 0 aromatic heterocycles. The minimum absolute atomic E-state index is 0.227. The van der Waals surface area contributed by atoms with E-state index >= 15 is 0 Å². The molecule has 5 nitrogen and oxygen atoms in total. The van der Waals surface area contributed by atoms with Crippen molar-refractivity contribution in [1.82, 2.24) is 4.90 Å². The molecule has 1 unspecified atom stereocenters. The fourth-order valence-corrected chi connectivity index (χ4v) is 2.64. The normalized spacial score (nSPS) is 19.0. The molecule has 0 saturated carbocycles. The molecule has 1 atom stereocenters. The first-order chi connectivity index (χ1) is 9.08. The van der Waals surface area contributed by atoms with Crippen molar-refractivity contribution in [2.45, 2.75) is 12.8 Å². The van der Waals surface area contributed by atoms with Gasteiger partial charge in [0.2, 0.25) is 0 Å². The Labute approximate surface area is 125 Å². The van der Waals surface area contributed by atoms with Crippen LogP contribution in [0.1, 0.15) is 12.8 Å². The van der Waals surface area contributed by atoms with E-state index in [1.807, 2.05) is 24.3 Å². The van der Waals surface area contributed by atoms with Crippen LogP contribution in [-0.4, -0.2) is 35.1 Å². The maximum Gasteiger partial charge on any atom is 0.321 e. The number of carboxylic acid groups (broad SMARTS) is 1. The second-order valence-corrected chi connectivity index (χ2v) is 5.70. The van der Waals surface area contributed by atoms with E-state index in [9.17, 15) is 9.59 Å². The SMILES string of the molecule is O=C(O)C1CCCN(C(=O)Nc2ccccc2I)C1. The minimum Gasteiger partial charge on any atom is -0.481 e. The number of nitrogens with one attached hydrogen (secondary N) is 1. The lowest BCUT2D eigenvalue weighted by molar-refractivity contribution is -0.143. The van der Waals surface area contributed by atoms with Crippen molar-refractivity contribution < 1.29 is 14.7 Å². The highest BCUT2D eigenvalue weighted by Gasteiger charge is 2.28. The number of hydrogen-bond acceptors (Lipinski definition) is 2. The Morgan fingerprint density at radius 2 is 2.11 bits per heavy atom. The monoisotopic (exact) mass is 374 g/mol. The number of carboxylic acids is 1. The van der Waals surface area contributed by atoms with Crippen molar-refractivity contribution in [3.8, 4) is 0 Å². The Hall–Kier alpha value is -1.31. The third kappa shape index (κ3) is 3.59. The molecule has 1 aliphatic heterocycles. The van der Waals surface area contributed by atoms with Gasteiger partial charge in [-0.3, -0.25) is 4.79 Å². The molecule has 1 aromatic carbocycles. The summed E-state index contributed by atoms with van der Waals surface area (Å²) < 4.78 is 0.959. The van der Waals surface area contributed by atoms with E-state index in [0.29, 0.717) is 13.0 Å². The van der Waals surface area contributed by atoms with Crippen LogP contribution in [0.25, 0.3) is 0 Å². The zero-order chi connectivity index (χ0) is 13.8. The van der Waals surface area contributed by atoms with E-state index < -0.39 is 11.9 Å². The third-order valence-electron chi connectivity index (χ3n) is 3.17. The summed E-state index contributed by atoms with van der Waals surface area (Å²) in [4.78, 5) is 24.7. The van der Waals surface area contributed by atoms with Gasteiger partial charge in [-0.25, -0.2) is 4.79 Å². The van der Waals surface area contributed by atoms with Crippen LogP contribution in [-0.2, 0) is 4.79 Å². The molecule has 0 bridgehead atoms. The predicted octanol–water partition coefficient (Wildman–Crippen LogP) is 2.62. The van der Waals surface area contributed by atoms with Crippen LogP contribution < -0.4 is 5.32 Å². The van der Waals surface area contributed by atoms with E-state index in [0.717, 1.165) is 15.7 Å².